The van der Waals surface area contributed by atoms with Crippen LogP contribution in [0.4, 0.5) is 17.1 Å². The van der Waals surface area contributed by atoms with Crippen molar-refractivity contribution >= 4 is 99.7 Å². The molecule has 6 bridgehead atoms. The molecule has 3 saturated heterocycles. The molecule has 15 aliphatic rings. The van der Waals surface area contributed by atoms with Gasteiger partial charge in [0.2, 0.25) is 30.1 Å². The maximum absolute atomic E-state index is 14.0. The van der Waals surface area contributed by atoms with Crippen molar-refractivity contribution in [1.29, 1.82) is 0 Å². The zero-order valence-corrected chi connectivity index (χ0v) is 88.3. The van der Waals surface area contributed by atoms with Gasteiger partial charge in [-0.2, -0.15) is 0 Å². The van der Waals surface area contributed by atoms with E-state index in [0.717, 1.165) is 187 Å². The van der Waals surface area contributed by atoms with E-state index >= 15 is 0 Å². The molecule has 6 fully saturated rings. The topological polar surface area (TPSA) is 310 Å². The van der Waals surface area contributed by atoms with E-state index in [-0.39, 0.29) is 88.8 Å². The summed E-state index contributed by atoms with van der Waals surface area (Å²) in [5, 5.41) is -0.722. The number of nitrogens with zero attached hydrogens (tertiary/aromatic N) is 3. The first-order valence-corrected chi connectivity index (χ1v) is 58.0. The lowest BCUT2D eigenvalue weighted by Gasteiger charge is -2.46. The smallest absolute Gasteiger partial charge is 0.264 e. The molecule has 780 valence electrons. The number of halogens is 3. The average Bonchev–Trinajstić information content (AvgIpc) is 1.62. The summed E-state index contributed by atoms with van der Waals surface area (Å²) in [4.78, 5) is 48.6. The first kappa shape index (κ1) is 105. The highest BCUT2D eigenvalue weighted by atomic mass is 35.5. The summed E-state index contributed by atoms with van der Waals surface area (Å²) in [5.74, 6) is 2.12. The van der Waals surface area contributed by atoms with E-state index in [1.54, 1.807) is 57.7 Å². The number of fused-ring (bicyclic) bond motifs is 12. The number of benzene rings is 6. The molecule has 0 unspecified atom stereocenters. The fourth-order valence-corrected chi connectivity index (χ4v) is 31.7. The fraction of sp³-hybridized carbons (Fsp3) is 0.595. The van der Waals surface area contributed by atoms with E-state index in [1.165, 1.54) is 54.7 Å². The van der Waals surface area contributed by atoms with Gasteiger partial charge in [-0.3, -0.25) is 14.4 Å². The summed E-state index contributed by atoms with van der Waals surface area (Å²) in [6, 6.07) is 34.5. The zero-order valence-electron chi connectivity index (χ0n) is 83.6. The summed E-state index contributed by atoms with van der Waals surface area (Å²) in [6.45, 7) is 7.79. The third kappa shape index (κ3) is 22.5. The molecule has 9 heterocycles. The van der Waals surface area contributed by atoms with Crippen molar-refractivity contribution in [1.82, 2.24) is 14.2 Å². The Morgan fingerprint density at radius 3 is 0.903 bits per heavy atom. The molecule has 3 saturated carbocycles. The summed E-state index contributed by atoms with van der Waals surface area (Å²) in [5.41, 5.74) is 10.1. The van der Waals surface area contributed by atoms with Gasteiger partial charge in [0, 0.05) is 150 Å². The van der Waals surface area contributed by atoms with Crippen molar-refractivity contribution in [3.8, 4) is 17.2 Å². The molecule has 6 aliphatic carbocycles. The maximum Gasteiger partial charge on any atom is 0.264 e. The third-order valence-corrected chi connectivity index (χ3v) is 40.5. The molecule has 144 heavy (non-hydrogen) atoms. The van der Waals surface area contributed by atoms with Gasteiger partial charge in [0.15, 0.2) is 0 Å². The number of hydrogen-bond acceptors (Lipinski definition) is 24. The van der Waals surface area contributed by atoms with Crippen LogP contribution in [0.25, 0.3) is 0 Å². The minimum absolute atomic E-state index is 0.109. The van der Waals surface area contributed by atoms with Crippen molar-refractivity contribution in [2.75, 3.05) is 136 Å². The van der Waals surface area contributed by atoms with Crippen LogP contribution >= 0.6 is 34.8 Å². The van der Waals surface area contributed by atoms with Crippen LogP contribution < -0.4 is 43.1 Å². The van der Waals surface area contributed by atoms with Gasteiger partial charge in [-0.05, 0) is 333 Å². The van der Waals surface area contributed by atoms with Gasteiger partial charge in [0.05, 0.1) is 91.8 Å². The van der Waals surface area contributed by atoms with Crippen LogP contribution in [0.15, 0.2) is 146 Å². The number of rotatable bonds is 12. The van der Waals surface area contributed by atoms with Crippen molar-refractivity contribution in [2.24, 2.45) is 35.5 Å². The molecule has 33 heteroatoms. The number of ether oxygens (including phenoxy) is 12. The molecule has 0 aromatic heterocycles. The number of aryl methyl sites for hydroxylation is 3. The molecular weight excluding hydrogens is 1960 g/mol. The number of methoxy groups -OCH3 is 6. The van der Waals surface area contributed by atoms with E-state index in [4.69, 9.17) is 91.6 Å². The van der Waals surface area contributed by atoms with E-state index < -0.39 is 81.9 Å². The lowest BCUT2D eigenvalue weighted by atomic mass is 9.68. The van der Waals surface area contributed by atoms with Gasteiger partial charge in [-0.1, -0.05) is 89.5 Å². The largest absolute Gasteiger partial charge is 0.490 e. The molecule has 3 amide bonds. The SMILES string of the molecule is CO[C@H]1/C=C/C[C@@H](OC)[C@@H](C[C@H]2CCCO2)S(=O)(=O)NC(=O)c2ccc3c(c2)N(C[C@@H]2CC[C@H]21)C[C@@]1(CCCc2cc(Cl)ccc21)CO3.CO[C@H]1/C=C/C[C@@H](OC)[C@@H](C[C@H]2CCCO2)S(=O)(=O)NC(=O)c2ccc3c(c2)N(C[C@@H]2CC[C@H]21)C[C@@]1(CCCc2cc(Cl)ccc21)CO3.CO[C@H]1/C=C/C[C@H](OC)[C@H](C[C@@H]2CCCO2)S(=O)(=O)NC(=O)c2ccc3c(c2)N(C[C@@H]2CC[C@H]21)C[C@@]1(CCCc2cc(Cl)ccc21)CO3. The molecule has 6 aromatic rings. The van der Waals surface area contributed by atoms with Gasteiger partial charge in [0.25, 0.3) is 17.7 Å². The van der Waals surface area contributed by atoms with E-state index in [2.05, 4.69) is 83.5 Å². The second-order valence-electron chi connectivity index (χ2n) is 42.9. The molecule has 3 spiro atoms. The lowest BCUT2D eigenvalue weighted by Crippen LogP contribution is -2.49. The summed E-state index contributed by atoms with van der Waals surface area (Å²) < 4.78 is 164. The third-order valence-electron chi connectivity index (χ3n) is 34.5. The standard InChI is InChI=1S/3C37H47ClN2O7S/c3*1-44-32-8-3-9-34(45-2)35(20-28-7-5-17-46-28)48(42,43)39-36(41)25-11-15-33-31(19-25)40(21-26-10-13-29(26)32)22-37(23-47-33)16-4-6-24-18-27(38)12-14-30(24)37/h3*3,8,11-12,14-15,18-19,26,28-29,32,34-35H,4-7,9-10,13,16-17,20-23H2,1-2H3,(H,39,41)/b3*8-3+/t2*26-,28+,29+,32-,34+,35+,37-;26-,28-,29+,32-,34-,35-,37-/m000/s1. The second kappa shape index (κ2) is 45.1. The number of amides is 3. The molecule has 21 atom stereocenters. The second-order valence-corrected chi connectivity index (χ2v) is 49.9. The Morgan fingerprint density at radius 1 is 0.361 bits per heavy atom. The number of carbonyl (C=O) groups is 3. The Balaban J connectivity index is 0.000000137. The Bertz CT molecular complexity index is 5500. The van der Waals surface area contributed by atoms with Crippen LogP contribution in [0.2, 0.25) is 15.1 Å². The van der Waals surface area contributed by atoms with E-state index in [9.17, 15) is 39.6 Å². The van der Waals surface area contributed by atoms with Crippen LogP contribution in [-0.2, 0) is 108 Å². The van der Waals surface area contributed by atoms with Crippen LogP contribution in [0.3, 0.4) is 0 Å². The molecular formula is C111H141Cl3N6O21S3. The number of hydrogen-bond donors (Lipinski definition) is 3. The van der Waals surface area contributed by atoms with Gasteiger partial charge >= 0.3 is 0 Å². The Morgan fingerprint density at radius 2 is 0.653 bits per heavy atom. The molecule has 27 nitrogen and oxygen atoms in total. The predicted molar refractivity (Wildman–Crippen MR) is 557 cm³/mol. The summed E-state index contributed by atoms with van der Waals surface area (Å²) in [7, 11) is -2.63. The van der Waals surface area contributed by atoms with Gasteiger partial charge < -0.3 is 71.5 Å². The normalized spacial score (nSPS) is 33.8. The minimum Gasteiger partial charge on any atom is -0.490 e. The lowest BCUT2D eigenvalue weighted by molar-refractivity contribution is 0.0128. The molecule has 9 aliphatic heterocycles. The van der Waals surface area contributed by atoms with Gasteiger partial charge in [-0.15, -0.1) is 0 Å². The van der Waals surface area contributed by atoms with Crippen LogP contribution in [0.5, 0.6) is 17.2 Å². The first-order valence-electron chi connectivity index (χ1n) is 52.2. The highest BCUT2D eigenvalue weighted by Crippen LogP contribution is 2.53. The van der Waals surface area contributed by atoms with Crippen molar-refractivity contribution in [3.63, 3.8) is 0 Å². The van der Waals surface area contributed by atoms with Crippen LogP contribution in [0.1, 0.15) is 219 Å². The average molecular weight is 2100 g/mol. The number of sulfonamides is 3. The quantitative estimate of drug-likeness (QED) is 0.0959. The highest BCUT2D eigenvalue weighted by molar-refractivity contribution is 7.91. The fourth-order valence-electron chi connectivity index (χ4n) is 26.3. The van der Waals surface area contributed by atoms with E-state index in [1.807, 2.05) is 54.6 Å². The van der Waals surface area contributed by atoms with Crippen molar-refractivity contribution < 1.29 is 96.5 Å². The first-order chi connectivity index (χ1) is 69.6. The summed E-state index contributed by atoms with van der Waals surface area (Å²) >= 11 is 19.3. The maximum atomic E-state index is 14.0. The number of nitrogens with one attached hydrogen (secondary N) is 3. The van der Waals surface area contributed by atoms with Crippen molar-refractivity contribution in [2.45, 2.75) is 260 Å². The predicted octanol–water partition coefficient (Wildman–Crippen LogP) is 17.5. The monoisotopic (exact) mass is 2090 g/mol. The Kier molecular flexibility index (Phi) is 32.8. The summed E-state index contributed by atoms with van der Waals surface area (Å²) in [6.07, 6.45) is 31.4. The zero-order chi connectivity index (χ0) is 100. The van der Waals surface area contributed by atoms with Crippen LogP contribution in [0, 0.1) is 35.5 Å². The van der Waals surface area contributed by atoms with Crippen LogP contribution in [-0.4, -0.2) is 235 Å². The minimum atomic E-state index is -4.15. The number of carbonyl (C=O) groups excluding carboxylic acids is 3. The Hall–Kier alpha value is -7.89. The molecule has 6 aromatic carbocycles. The van der Waals surface area contributed by atoms with Gasteiger partial charge in [-0.25, -0.2) is 39.4 Å². The van der Waals surface area contributed by atoms with Gasteiger partial charge in [0.1, 0.15) is 33.0 Å². The molecule has 0 radical (unpaired) electrons. The van der Waals surface area contributed by atoms with E-state index in [0.29, 0.717) is 131 Å². The number of anilines is 3. The molecule has 21 rings (SSSR count). The molecule has 3 N–H and O–H groups in total. The van der Waals surface area contributed by atoms with Crippen molar-refractivity contribution in [3.05, 3.63) is 211 Å². The Labute approximate surface area is 864 Å². The highest BCUT2D eigenvalue weighted by Gasteiger charge is 2.52.